The van der Waals surface area contributed by atoms with E-state index in [0.29, 0.717) is 26.9 Å². The average Bonchev–Trinajstić information content (AvgIpc) is 3.21. The molecule has 1 aliphatic carbocycles. The summed E-state index contributed by atoms with van der Waals surface area (Å²) in [6, 6.07) is 13.5. The standard InChI is InChI=1S/C32H21N3O7/c1-17-20(31(41)35(16-25(37)38)32(42)27(17)33-2)10-5-3-4-8-18-12-13-21-22(14-18)30(40)26(29(21)39)28-24(36)15-19-9-6-7-11-23(19)34-28/h3-15,36,39H,16H2,1H3,(H,37,38)/b5-3+,8-4+,20-10-. The highest BCUT2D eigenvalue weighted by Gasteiger charge is 2.36. The first-order valence-electron chi connectivity index (χ1n) is 12.6. The Bertz CT molecular complexity index is 1940. The fraction of sp³-hybridized carbons (Fsp3) is 0.0625. The Labute approximate surface area is 239 Å². The number of carbonyl (C=O) groups excluding carboxylic acids is 3. The molecule has 1 aliphatic heterocycles. The van der Waals surface area contributed by atoms with E-state index in [1.54, 1.807) is 60.7 Å². The van der Waals surface area contributed by atoms with Crippen LogP contribution in [0.5, 0.6) is 5.75 Å². The Balaban J connectivity index is 1.37. The highest BCUT2D eigenvalue weighted by molar-refractivity contribution is 6.39. The maximum absolute atomic E-state index is 13.3. The number of carboxylic acid groups (broad SMARTS) is 1. The van der Waals surface area contributed by atoms with Crippen LogP contribution in [0, 0.1) is 6.57 Å². The van der Waals surface area contributed by atoms with E-state index in [-0.39, 0.29) is 45.2 Å². The van der Waals surface area contributed by atoms with E-state index < -0.39 is 30.1 Å². The van der Waals surface area contributed by atoms with E-state index >= 15 is 0 Å². The molecule has 2 aliphatic rings. The summed E-state index contributed by atoms with van der Waals surface area (Å²) in [7, 11) is 0. The first-order valence-corrected chi connectivity index (χ1v) is 12.6. The fourth-order valence-electron chi connectivity index (χ4n) is 4.75. The summed E-state index contributed by atoms with van der Waals surface area (Å²) in [5.74, 6) is -4.12. The van der Waals surface area contributed by atoms with Gasteiger partial charge in [-0.2, -0.15) is 0 Å². The van der Waals surface area contributed by atoms with E-state index in [4.69, 9.17) is 11.7 Å². The molecule has 206 valence electrons. The van der Waals surface area contributed by atoms with E-state index in [1.165, 1.54) is 25.1 Å². The molecule has 2 amide bonds. The second kappa shape index (κ2) is 10.8. The van der Waals surface area contributed by atoms with Gasteiger partial charge < -0.3 is 15.3 Å². The third-order valence-electron chi connectivity index (χ3n) is 6.81. The third-order valence-corrected chi connectivity index (χ3v) is 6.81. The van der Waals surface area contributed by atoms with Crippen molar-refractivity contribution in [2.45, 2.75) is 6.92 Å². The summed E-state index contributed by atoms with van der Waals surface area (Å²) in [5, 5.41) is 31.1. The monoisotopic (exact) mass is 559 g/mol. The van der Waals surface area contributed by atoms with Crippen molar-refractivity contribution in [1.82, 2.24) is 9.88 Å². The number of pyridine rings is 1. The Morgan fingerprint density at radius 1 is 1.00 bits per heavy atom. The second-order valence-corrected chi connectivity index (χ2v) is 9.41. The van der Waals surface area contributed by atoms with Crippen LogP contribution in [0.4, 0.5) is 0 Å². The van der Waals surface area contributed by atoms with Gasteiger partial charge in [-0.1, -0.05) is 54.6 Å². The molecule has 42 heavy (non-hydrogen) atoms. The van der Waals surface area contributed by atoms with E-state index in [1.807, 2.05) is 0 Å². The van der Waals surface area contributed by atoms with Gasteiger partial charge in [0.05, 0.1) is 17.7 Å². The maximum atomic E-state index is 13.3. The number of benzene rings is 2. The number of aliphatic hydroxyl groups is 1. The van der Waals surface area contributed by atoms with E-state index in [9.17, 15) is 29.4 Å². The molecule has 2 heterocycles. The predicted molar refractivity (Wildman–Crippen MR) is 154 cm³/mol. The number of ketones is 1. The number of carboxylic acids is 1. The van der Waals surface area contributed by atoms with Crippen LogP contribution < -0.4 is 0 Å². The number of aromatic hydroxyl groups is 1. The molecule has 3 N–H and O–H groups in total. The van der Waals surface area contributed by atoms with Gasteiger partial charge in [-0.05, 0) is 42.3 Å². The summed E-state index contributed by atoms with van der Waals surface area (Å²) in [6.45, 7) is 7.84. The number of imide groups is 1. The molecule has 0 radical (unpaired) electrons. The lowest BCUT2D eigenvalue weighted by Crippen LogP contribution is -2.45. The molecule has 3 aromatic rings. The number of aliphatic carboxylic acids is 1. The lowest BCUT2D eigenvalue weighted by Gasteiger charge is -2.25. The number of aromatic nitrogens is 1. The van der Waals surface area contributed by atoms with Gasteiger partial charge in [-0.15, -0.1) is 0 Å². The number of carbonyl (C=O) groups is 4. The molecule has 0 atom stereocenters. The predicted octanol–water partition coefficient (Wildman–Crippen LogP) is 4.71. The zero-order valence-corrected chi connectivity index (χ0v) is 22.0. The number of hydrogen-bond donors (Lipinski definition) is 3. The Hall–Kier alpha value is -6.08. The fourth-order valence-corrected chi connectivity index (χ4v) is 4.75. The lowest BCUT2D eigenvalue weighted by molar-refractivity contribution is -0.149. The molecule has 0 unspecified atom stereocenters. The highest BCUT2D eigenvalue weighted by atomic mass is 16.4. The quantitative estimate of drug-likeness (QED) is 0.170. The van der Waals surface area contributed by atoms with Crippen LogP contribution in [0.1, 0.15) is 34.1 Å². The summed E-state index contributed by atoms with van der Waals surface area (Å²) >= 11 is 0. The molecular formula is C32H21N3O7. The van der Waals surface area contributed by atoms with Gasteiger partial charge in [0, 0.05) is 22.1 Å². The Kier molecular flexibility index (Phi) is 7.08. The average molecular weight is 560 g/mol. The van der Waals surface area contributed by atoms with Gasteiger partial charge in [0.25, 0.3) is 17.5 Å². The highest BCUT2D eigenvalue weighted by Crippen LogP contribution is 2.40. The molecule has 0 saturated heterocycles. The van der Waals surface area contributed by atoms with Crippen LogP contribution in [0.25, 0.3) is 33.2 Å². The summed E-state index contributed by atoms with van der Waals surface area (Å²) in [4.78, 5) is 57.5. The van der Waals surface area contributed by atoms with Crippen molar-refractivity contribution in [3.05, 3.63) is 123 Å². The van der Waals surface area contributed by atoms with Gasteiger partial charge >= 0.3 is 5.97 Å². The van der Waals surface area contributed by atoms with Crippen molar-refractivity contribution < 1.29 is 34.5 Å². The number of para-hydroxylation sites is 1. The Morgan fingerprint density at radius 2 is 1.76 bits per heavy atom. The van der Waals surface area contributed by atoms with Gasteiger partial charge in [-0.25, -0.2) is 9.83 Å². The number of allylic oxidation sites excluding steroid dienone is 5. The zero-order valence-electron chi connectivity index (χ0n) is 22.0. The van der Waals surface area contributed by atoms with Crippen molar-refractivity contribution in [3.8, 4) is 5.75 Å². The van der Waals surface area contributed by atoms with Crippen LogP contribution in [0.2, 0.25) is 0 Å². The van der Waals surface area contributed by atoms with Crippen molar-refractivity contribution in [2.75, 3.05) is 6.54 Å². The SMILES string of the molecule is [C-]#[N+]C1=C(C)/C(=C/C=C/C=C/c2ccc3c(c2)C(=O)C(c2nc4ccccc4cc2O)=C3O)C(=O)N(CC(=O)O)C1=O. The molecule has 10 heteroatoms. The van der Waals surface area contributed by atoms with Gasteiger partial charge in [0.1, 0.15) is 23.7 Å². The zero-order chi connectivity index (χ0) is 30.1. The molecule has 0 spiro atoms. The van der Waals surface area contributed by atoms with Crippen molar-refractivity contribution in [1.29, 1.82) is 0 Å². The largest absolute Gasteiger partial charge is 0.506 e. The molecular weight excluding hydrogens is 538 g/mol. The van der Waals surface area contributed by atoms with E-state index in [0.717, 1.165) is 0 Å². The number of rotatable bonds is 6. The molecule has 0 saturated carbocycles. The van der Waals surface area contributed by atoms with Crippen LogP contribution >= 0.6 is 0 Å². The van der Waals surface area contributed by atoms with Crippen molar-refractivity contribution in [3.63, 3.8) is 0 Å². The minimum absolute atomic E-state index is 0.00735. The summed E-state index contributed by atoms with van der Waals surface area (Å²) < 4.78 is 0. The Morgan fingerprint density at radius 3 is 2.50 bits per heavy atom. The molecule has 5 rings (SSSR count). The van der Waals surface area contributed by atoms with Crippen LogP contribution in [0.15, 0.2) is 89.7 Å². The smallest absolute Gasteiger partial charge is 0.323 e. The minimum atomic E-state index is -1.38. The minimum Gasteiger partial charge on any atom is -0.506 e. The maximum Gasteiger partial charge on any atom is 0.323 e. The van der Waals surface area contributed by atoms with Crippen molar-refractivity contribution in [2.24, 2.45) is 0 Å². The molecule has 2 aromatic carbocycles. The van der Waals surface area contributed by atoms with Crippen LogP contribution in [-0.4, -0.2) is 55.3 Å². The summed E-state index contributed by atoms with van der Waals surface area (Å²) in [5.41, 5.74) is 1.51. The van der Waals surface area contributed by atoms with Crippen molar-refractivity contribution >= 4 is 51.9 Å². The summed E-state index contributed by atoms with van der Waals surface area (Å²) in [6.07, 6.45) is 7.78. The first-order chi connectivity index (χ1) is 20.1. The molecule has 1 aromatic heterocycles. The first kappa shape index (κ1) is 27.5. The van der Waals surface area contributed by atoms with E-state index in [2.05, 4.69) is 9.83 Å². The van der Waals surface area contributed by atoms with Gasteiger partial charge in [0.2, 0.25) is 0 Å². The van der Waals surface area contributed by atoms with Gasteiger partial charge in [0.15, 0.2) is 5.78 Å². The second-order valence-electron chi connectivity index (χ2n) is 9.41. The van der Waals surface area contributed by atoms with Crippen LogP contribution in [0.3, 0.4) is 0 Å². The third kappa shape index (κ3) is 4.76. The topological polar surface area (TPSA) is 149 Å². The molecule has 0 fully saturated rings. The number of fused-ring (bicyclic) bond motifs is 2. The molecule has 0 bridgehead atoms. The molecule has 10 nitrogen and oxygen atoms in total. The lowest BCUT2D eigenvalue weighted by atomic mass is 9.98. The number of amides is 2. The normalized spacial score (nSPS) is 16.4. The number of aliphatic hydroxyl groups excluding tert-OH is 1. The number of hydrogen-bond acceptors (Lipinski definition) is 7. The number of nitrogens with zero attached hydrogens (tertiary/aromatic N) is 3. The van der Waals surface area contributed by atoms with Gasteiger partial charge in [-0.3, -0.25) is 24.1 Å². The number of Topliss-reactive ketones (excluding diaryl/α,β-unsaturated/α-hetero) is 1. The van der Waals surface area contributed by atoms with Crippen LogP contribution in [-0.2, 0) is 14.4 Å².